The summed E-state index contributed by atoms with van der Waals surface area (Å²) in [6.07, 6.45) is 7.65. The smallest absolute Gasteiger partial charge is 0.0233 e. The summed E-state index contributed by atoms with van der Waals surface area (Å²) in [6, 6.07) is 12.4. The number of nitrogens with two attached hydrogens (primary N) is 1. The van der Waals surface area contributed by atoms with Crippen molar-refractivity contribution in [2.75, 3.05) is 13.1 Å². The molecule has 1 saturated heterocycles. The molecule has 2 fully saturated rings. The van der Waals surface area contributed by atoms with E-state index in [1.807, 2.05) is 0 Å². The summed E-state index contributed by atoms with van der Waals surface area (Å²) in [6.45, 7) is 3.50. The van der Waals surface area contributed by atoms with Gasteiger partial charge in [0.15, 0.2) is 0 Å². The SMILES string of the molecule is NC1CCCCC1NC1CCN(Cc2ccccc2)CC1. The number of nitrogens with one attached hydrogen (secondary N) is 1. The lowest BCUT2D eigenvalue weighted by Gasteiger charge is -2.37. The van der Waals surface area contributed by atoms with Crippen LogP contribution in [0, 0.1) is 0 Å². The monoisotopic (exact) mass is 287 g/mol. The molecule has 3 nitrogen and oxygen atoms in total. The first-order valence-corrected chi connectivity index (χ1v) is 8.59. The zero-order chi connectivity index (χ0) is 14.5. The molecule has 0 bridgehead atoms. The molecule has 1 aromatic carbocycles. The molecule has 0 spiro atoms. The van der Waals surface area contributed by atoms with Gasteiger partial charge in [0.05, 0.1) is 0 Å². The highest BCUT2D eigenvalue weighted by atomic mass is 15.1. The third-order valence-corrected chi connectivity index (χ3v) is 5.11. The second-order valence-corrected chi connectivity index (χ2v) is 6.76. The van der Waals surface area contributed by atoms with Crippen molar-refractivity contribution in [1.82, 2.24) is 10.2 Å². The predicted molar refractivity (Wildman–Crippen MR) is 88.1 cm³/mol. The van der Waals surface area contributed by atoms with Crippen LogP contribution >= 0.6 is 0 Å². The Bertz CT molecular complexity index is 412. The summed E-state index contributed by atoms with van der Waals surface area (Å²) in [5.74, 6) is 0. The van der Waals surface area contributed by atoms with Crippen molar-refractivity contribution in [3.05, 3.63) is 35.9 Å². The number of likely N-dealkylation sites (tertiary alicyclic amines) is 1. The lowest BCUT2D eigenvalue weighted by molar-refractivity contribution is 0.173. The van der Waals surface area contributed by atoms with Gasteiger partial charge >= 0.3 is 0 Å². The third-order valence-electron chi connectivity index (χ3n) is 5.11. The van der Waals surface area contributed by atoms with Crippen LogP contribution in [0.15, 0.2) is 30.3 Å². The molecule has 0 radical (unpaired) electrons. The molecule has 3 rings (SSSR count). The molecule has 21 heavy (non-hydrogen) atoms. The van der Waals surface area contributed by atoms with E-state index >= 15 is 0 Å². The second kappa shape index (κ2) is 7.39. The topological polar surface area (TPSA) is 41.3 Å². The molecule has 1 aromatic rings. The molecule has 1 aliphatic carbocycles. The Labute approximate surface area is 128 Å². The maximum absolute atomic E-state index is 6.25. The minimum absolute atomic E-state index is 0.376. The zero-order valence-electron chi connectivity index (χ0n) is 13.0. The molecule has 3 heteroatoms. The Morgan fingerprint density at radius 1 is 1.00 bits per heavy atom. The van der Waals surface area contributed by atoms with Gasteiger partial charge in [-0.05, 0) is 44.3 Å². The third kappa shape index (κ3) is 4.29. The van der Waals surface area contributed by atoms with Crippen molar-refractivity contribution in [1.29, 1.82) is 0 Å². The van der Waals surface area contributed by atoms with Gasteiger partial charge in [0.1, 0.15) is 0 Å². The van der Waals surface area contributed by atoms with Crippen molar-refractivity contribution in [2.45, 2.75) is 63.2 Å². The van der Waals surface area contributed by atoms with E-state index in [1.165, 1.54) is 57.2 Å². The molecule has 1 aliphatic heterocycles. The first-order chi connectivity index (χ1) is 10.3. The minimum Gasteiger partial charge on any atom is -0.326 e. The Kier molecular flexibility index (Phi) is 5.28. The molecule has 1 heterocycles. The summed E-state index contributed by atoms with van der Waals surface area (Å²) >= 11 is 0. The van der Waals surface area contributed by atoms with Crippen molar-refractivity contribution in [3.63, 3.8) is 0 Å². The van der Waals surface area contributed by atoms with Crippen LogP contribution in [0.25, 0.3) is 0 Å². The van der Waals surface area contributed by atoms with E-state index in [0.717, 1.165) is 6.54 Å². The van der Waals surface area contributed by atoms with Gasteiger partial charge in [-0.15, -0.1) is 0 Å². The molecule has 2 unspecified atom stereocenters. The van der Waals surface area contributed by atoms with E-state index in [0.29, 0.717) is 18.1 Å². The molecular formula is C18H29N3. The Hall–Kier alpha value is -0.900. The molecular weight excluding hydrogens is 258 g/mol. The summed E-state index contributed by atoms with van der Waals surface area (Å²) in [4.78, 5) is 2.58. The molecule has 0 amide bonds. The van der Waals surface area contributed by atoms with Crippen LogP contribution in [-0.2, 0) is 6.54 Å². The van der Waals surface area contributed by atoms with Gasteiger partial charge in [-0.25, -0.2) is 0 Å². The van der Waals surface area contributed by atoms with Gasteiger partial charge in [0.25, 0.3) is 0 Å². The predicted octanol–water partition coefficient (Wildman–Crippen LogP) is 2.51. The van der Waals surface area contributed by atoms with E-state index in [2.05, 4.69) is 40.5 Å². The van der Waals surface area contributed by atoms with Gasteiger partial charge in [-0.1, -0.05) is 43.2 Å². The van der Waals surface area contributed by atoms with Gasteiger partial charge in [-0.2, -0.15) is 0 Å². The van der Waals surface area contributed by atoms with Crippen molar-refractivity contribution in [3.8, 4) is 0 Å². The van der Waals surface area contributed by atoms with Crippen LogP contribution in [-0.4, -0.2) is 36.1 Å². The van der Waals surface area contributed by atoms with Crippen LogP contribution in [0.4, 0.5) is 0 Å². The number of piperidine rings is 1. The molecule has 3 N–H and O–H groups in total. The number of benzene rings is 1. The van der Waals surface area contributed by atoms with Crippen LogP contribution in [0.1, 0.15) is 44.1 Å². The quantitative estimate of drug-likeness (QED) is 0.894. The van der Waals surface area contributed by atoms with Gasteiger partial charge < -0.3 is 11.1 Å². The molecule has 1 saturated carbocycles. The maximum Gasteiger partial charge on any atom is 0.0233 e. The number of hydrogen-bond acceptors (Lipinski definition) is 3. The normalized spacial score (nSPS) is 28.6. The van der Waals surface area contributed by atoms with Crippen LogP contribution < -0.4 is 11.1 Å². The molecule has 116 valence electrons. The fraction of sp³-hybridized carbons (Fsp3) is 0.667. The Balaban J connectivity index is 1.42. The second-order valence-electron chi connectivity index (χ2n) is 6.76. The number of rotatable bonds is 4. The molecule has 2 aliphatic rings. The fourth-order valence-electron chi connectivity index (χ4n) is 3.77. The average Bonchev–Trinajstić information content (AvgIpc) is 2.52. The summed E-state index contributed by atoms with van der Waals surface area (Å²) in [5, 5.41) is 3.84. The van der Waals surface area contributed by atoms with Crippen molar-refractivity contribution < 1.29 is 0 Å². The van der Waals surface area contributed by atoms with Crippen molar-refractivity contribution in [2.24, 2.45) is 5.73 Å². The highest BCUT2D eigenvalue weighted by Gasteiger charge is 2.26. The van der Waals surface area contributed by atoms with Gasteiger partial charge in [-0.3, -0.25) is 4.90 Å². The standard InChI is InChI=1S/C18H29N3/c19-17-8-4-5-9-18(17)20-16-10-12-21(13-11-16)14-15-6-2-1-3-7-15/h1-3,6-7,16-18,20H,4-5,8-14,19H2. The highest BCUT2D eigenvalue weighted by Crippen LogP contribution is 2.20. The van der Waals surface area contributed by atoms with Gasteiger partial charge in [0.2, 0.25) is 0 Å². The largest absolute Gasteiger partial charge is 0.326 e. The van der Waals surface area contributed by atoms with E-state index < -0.39 is 0 Å². The van der Waals surface area contributed by atoms with Crippen LogP contribution in [0.5, 0.6) is 0 Å². The lowest BCUT2D eigenvalue weighted by Crippen LogP contribution is -2.53. The first kappa shape index (κ1) is 15.0. The molecule has 0 aromatic heterocycles. The van der Waals surface area contributed by atoms with Crippen molar-refractivity contribution >= 4 is 0 Å². The molecule has 2 atom stereocenters. The lowest BCUT2D eigenvalue weighted by atomic mass is 9.89. The van der Waals surface area contributed by atoms with E-state index in [4.69, 9.17) is 5.73 Å². The maximum atomic E-state index is 6.25. The number of nitrogens with zero attached hydrogens (tertiary/aromatic N) is 1. The van der Waals surface area contributed by atoms with Gasteiger partial charge in [0, 0.05) is 24.7 Å². The zero-order valence-corrected chi connectivity index (χ0v) is 13.0. The minimum atomic E-state index is 0.376. The Morgan fingerprint density at radius 3 is 2.43 bits per heavy atom. The first-order valence-electron chi connectivity index (χ1n) is 8.59. The fourth-order valence-corrected chi connectivity index (χ4v) is 3.77. The average molecular weight is 287 g/mol. The summed E-state index contributed by atoms with van der Waals surface area (Å²) in [5.41, 5.74) is 7.68. The number of hydrogen-bond donors (Lipinski definition) is 2. The van der Waals surface area contributed by atoms with E-state index in [9.17, 15) is 0 Å². The summed E-state index contributed by atoms with van der Waals surface area (Å²) in [7, 11) is 0. The van der Waals surface area contributed by atoms with Crippen LogP contribution in [0.2, 0.25) is 0 Å². The highest BCUT2D eigenvalue weighted by molar-refractivity contribution is 5.14. The van der Waals surface area contributed by atoms with E-state index in [1.54, 1.807) is 0 Å². The van der Waals surface area contributed by atoms with E-state index in [-0.39, 0.29) is 0 Å². The van der Waals surface area contributed by atoms with Crippen LogP contribution in [0.3, 0.4) is 0 Å². The summed E-state index contributed by atoms with van der Waals surface area (Å²) < 4.78 is 0. The Morgan fingerprint density at radius 2 is 1.71 bits per heavy atom.